The van der Waals surface area contributed by atoms with Gasteiger partial charge in [-0.1, -0.05) is 23.7 Å². The quantitative estimate of drug-likeness (QED) is 0.391. The summed E-state index contributed by atoms with van der Waals surface area (Å²) in [4.78, 5) is 12.1. The third-order valence-corrected chi connectivity index (χ3v) is 6.08. The molecule has 0 saturated heterocycles. The molecule has 0 bridgehead atoms. The van der Waals surface area contributed by atoms with E-state index in [0.717, 1.165) is 12.3 Å². The summed E-state index contributed by atoms with van der Waals surface area (Å²) < 4.78 is 82.9. The number of halogens is 5. The fourth-order valence-corrected chi connectivity index (χ4v) is 4.04. The van der Waals surface area contributed by atoms with Gasteiger partial charge in [-0.05, 0) is 60.2 Å². The van der Waals surface area contributed by atoms with Crippen LogP contribution in [0.2, 0.25) is 5.02 Å². The number of nitrogens with one attached hydrogen (secondary N) is 1. The summed E-state index contributed by atoms with van der Waals surface area (Å²) in [5, 5.41) is 2.72. The molecule has 186 valence electrons. The lowest BCUT2D eigenvalue weighted by Gasteiger charge is -2.23. The Morgan fingerprint density at radius 3 is 2.23 bits per heavy atom. The molecule has 0 spiro atoms. The number of hydrogen-bond acceptors (Lipinski definition) is 4. The summed E-state index contributed by atoms with van der Waals surface area (Å²) in [7, 11) is -3.63. The number of amides is 1. The molecule has 0 aromatic heterocycles. The van der Waals surface area contributed by atoms with E-state index < -0.39 is 40.1 Å². The van der Waals surface area contributed by atoms with E-state index in [-0.39, 0.29) is 18.0 Å². The lowest BCUT2D eigenvalue weighted by molar-refractivity contribution is -0.140. The number of benzene rings is 3. The van der Waals surface area contributed by atoms with E-state index >= 15 is 0 Å². The summed E-state index contributed by atoms with van der Waals surface area (Å²) in [6.07, 6.45) is -3.84. The summed E-state index contributed by atoms with van der Waals surface area (Å²) in [6.45, 7) is -0.477. The van der Waals surface area contributed by atoms with Gasteiger partial charge in [0.15, 0.2) is 6.61 Å². The van der Waals surface area contributed by atoms with E-state index in [1.165, 1.54) is 28.6 Å². The summed E-state index contributed by atoms with van der Waals surface area (Å²) >= 11 is 5.87. The van der Waals surface area contributed by atoms with Crippen LogP contribution in [-0.4, -0.2) is 27.2 Å². The first-order valence-electron chi connectivity index (χ1n) is 9.94. The van der Waals surface area contributed by atoms with Gasteiger partial charge in [-0.25, -0.2) is 12.8 Å². The van der Waals surface area contributed by atoms with E-state index in [0.29, 0.717) is 28.4 Å². The van der Waals surface area contributed by atoms with Gasteiger partial charge >= 0.3 is 6.18 Å². The van der Waals surface area contributed by atoms with Crippen molar-refractivity contribution in [3.05, 3.63) is 88.7 Å². The monoisotopic (exact) mass is 530 g/mol. The van der Waals surface area contributed by atoms with Crippen LogP contribution in [0.4, 0.5) is 28.9 Å². The molecular formula is C23H19ClF4N2O4S. The van der Waals surface area contributed by atoms with Crippen molar-refractivity contribution in [3.63, 3.8) is 0 Å². The number of anilines is 2. The lowest BCUT2D eigenvalue weighted by Crippen LogP contribution is -2.29. The predicted molar refractivity (Wildman–Crippen MR) is 124 cm³/mol. The number of rotatable bonds is 8. The third kappa shape index (κ3) is 7.33. The van der Waals surface area contributed by atoms with Crippen molar-refractivity contribution in [3.8, 4) is 5.75 Å². The van der Waals surface area contributed by atoms with Crippen molar-refractivity contribution in [2.75, 3.05) is 22.5 Å². The molecule has 0 radical (unpaired) electrons. The zero-order valence-corrected chi connectivity index (χ0v) is 19.7. The van der Waals surface area contributed by atoms with E-state index in [9.17, 15) is 30.8 Å². The van der Waals surface area contributed by atoms with Crippen LogP contribution in [0.25, 0.3) is 0 Å². The van der Waals surface area contributed by atoms with Crippen molar-refractivity contribution in [1.29, 1.82) is 0 Å². The normalized spacial score (nSPS) is 11.7. The molecule has 35 heavy (non-hydrogen) atoms. The molecule has 6 nitrogen and oxygen atoms in total. The molecule has 3 aromatic carbocycles. The minimum atomic E-state index is -4.91. The second-order valence-electron chi connectivity index (χ2n) is 7.42. The Kier molecular flexibility index (Phi) is 7.91. The van der Waals surface area contributed by atoms with E-state index in [2.05, 4.69) is 5.32 Å². The topological polar surface area (TPSA) is 75.7 Å². The van der Waals surface area contributed by atoms with Crippen molar-refractivity contribution >= 4 is 38.9 Å². The molecule has 0 aliphatic rings. The average molecular weight is 531 g/mol. The number of alkyl halides is 3. The van der Waals surface area contributed by atoms with Gasteiger partial charge in [-0.3, -0.25) is 9.10 Å². The van der Waals surface area contributed by atoms with Crippen molar-refractivity contribution in [2.45, 2.75) is 12.7 Å². The molecule has 0 unspecified atom stereocenters. The smallest absolute Gasteiger partial charge is 0.419 e. The molecule has 0 aliphatic heterocycles. The Morgan fingerprint density at radius 1 is 1.03 bits per heavy atom. The highest BCUT2D eigenvalue weighted by Gasteiger charge is 2.34. The maximum atomic E-state index is 13.4. The SMILES string of the molecule is CS(=O)(=O)N(Cc1ccc(Cl)cc1)c1ccc(OCC(=O)Nc2ccc(F)c(C(F)(F)F)c2)cc1. The summed E-state index contributed by atoms with van der Waals surface area (Å²) in [6, 6.07) is 14.7. The molecule has 3 rings (SSSR count). The van der Waals surface area contributed by atoms with Crippen molar-refractivity contribution in [1.82, 2.24) is 0 Å². The van der Waals surface area contributed by atoms with E-state index in [4.69, 9.17) is 16.3 Å². The highest BCUT2D eigenvalue weighted by Crippen LogP contribution is 2.33. The highest BCUT2D eigenvalue weighted by atomic mass is 35.5. The molecule has 0 aliphatic carbocycles. The van der Waals surface area contributed by atoms with Gasteiger partial charge in [0.2, 0.25) is 10.0 Å². The molecule has 3 aromatic rings. The van der Waals surface area contributed by atoms with Crippen molar-refractivity contribution < 1.29 is 35.5 Å². The lowest BCUT2D eigenvalue weighted by atomic mass is 10.2. The molecule has 12 heteroatoms. The fourth-order valence-electron chi connectivity index (χ4n) is 3.03. The molecule has 0 saturated carbocycles. The van der Waals surface area contributed by atoms with Gasteiger partial charge in [0.25, 0.3) is 5.91 Å². The summed E-state index contributed by atoms with van der Waals surface area (Å²) in [5.41, 5.74) is -0.675. The maximum Gasteiger partial charge on any atom is 0.419 e. The van der Waals surface area contributed by atoms with Gasteiger partial charge in [0.05, 0.1) is 24.1 Å². The average Bonchev–Trinajstić information content (AvgIpc) is 2.77. The van der Waals surface area contributed by atoms with E-state index in [1.807, 2.05) is 0 Å². The number of ether oxygens (including phenoxy) is 1. The van der Waals surface area contributed by atoms with Crippen LogP contribution in [0.15, 0.2) is 66.7 Å². The largest absolute Gasteiger partial charge is 0.484 e. The number of sulfonamides is 1. The minimum Gasteiger partial charge on any atom is -0.484 e. The molecular weight excluding hydrogens is 512 g/mol. The van der Waals surface area contributed by atoms with Crippen LogP contribution < -0.4 is 14.4 Å². The van der Waals surface area contributed by atoms with Gasteiger partial charge in [0, 0.05) is 10.7 Å². The number of carbonyl (C=O) groups excluding carboxylic acids is 1. The first-order chi connectivity index (χ1) is 16.3. The molecule has 0 atom stereocenters. The number of carbonyl (C=O) groups is 1. The number of hydrogen-bond donors (Lipinski definition) is 1. The summed E-state index contributed by atoms with van der Waals surface area (Å²) in [5.74, 6) is -2.00. The Labute approximate surface area is 204 Å². The fraction of sp³-hybridized carbons (Fsp3) is 0.174. The standard InChI is InChI=1S/C23H19ClF4N2O4S/c1-35(32,33)30(13-15-2-4-16(24)5-3-15)18-7-9-19(10-8-18)34-14-22(31)29-17-6-11-21(25)20(12-17)23(26,27)28/h2-12H,13-14H2,1H3,(H,29,31). The van der Waals surface area contributed by atoms with Crippen LogP contribution in [-0.2, 0) is 27.5 Å². The number of nitrogens with zero attached hydrogens (tertiary/aromatic N) is 1. The van der Waals surface area contributed by atoms with Crippen LogP contribution >= 0.6 is 11.6 Å². The highest BCUT2D eigenvalue weighted by molar-refractivity contribution is 7.92. The molecule has 1 amide bonds. The first-order valence-corrected chi connectivity index (χ1v) is 12.2. The van der Waals surface area contributed by atoms with Crippen LogP contribution in [0.1, 0.15) is 11.1 Å². The predicted octanol–water partition coefficient (Wildman–Crippen LogP) is 5.48. The second-order valence-corrected chi connectivity index (χ2v) is 9.76. The van der Waals surface area contributed by atoms with Gasteiger partial charge in [-0.2, -0.15) is 13.2 Å². The maximum absolute atomic E-state index is 13.4. The zero-order chi connectivity index (χ0) is 25.8. The van der Waals surface area contributed by atoms with Crippen LogP contribution in [0.3, 0.4) is 0 Å². The first kappa shape index (κ1) is 26.3. The van der Waals surface area contributed by atoms with Gasteiger partial charge in [0.1, 0.15) is 11.6 Å². The Bertz CT molecular complexity index is 1300. The van der Waals surface area contributed by atoms with E-state index in [1.54, 1.807) is 24.3 Å². The third-order valence-electron chi connectivity index (χ3n) is 4.69. The Morgan fingerprint density at radius 2 is 1.66 bits per heavy atom. The van der Waals surface area contributed by atoms with Gasteiger partial charge in [-0.15, -0.1) is 0 Å². The Hall–Kier alpha value is -3.31. The van der Waals surface area contributed by atoms with Gasteiger partial charge < -0.3 is 10.1 Å². The van der Waals surface area contributed by atoms with Crippen LogP contribution in [0.5, 0.6) is 5.75 Å². The van der Waals surface area contributed by atoms with Crippen LogP contribution in [0, 0.1) is 5.82 Å². The second kappa shape index (κ2) is 10.5. The molecule has 1 N–H and O–H groups in total. The minimum absolute atomic E-state index is 0.0657. The molecule has 0 fully saturated rings. The van der Waals surface area contributed by atoms with Crippen molar-refractivity contribution in [2.24, 2.45) is 0 Å². The Balaban J connectivity index is 1.64. The molecule has 0 heterocycles. The zero-order valence-electron chi connectivity index (χ0n) is 18.1.